The molecule has 0 heterocycles. The Morgan fingerprint density at radius 3 is 1.07 bits per heavy atom. The van der Waals surface area contributed by atoms with Gasteiger partial charge in [-0.2, -0.15) is 0 Å². The van der Waals surface area contributed by atoms with Crippen molar-refractivity contribution in [2.75, 3.05) is 0 Å². The fraction of sp³-hybridized carbons (Fsp3) is 0.125. The van der Waals surface area contributed by atoms with Gasteiger partial charge in [-0.15, -0.1) is 0 Å². The third-order valence-corrected chi connectivity index (χ3v) is 5.71. The number of carboxylic acids is 2. The van der Waals surface area contributed by atoms with Crippen molar-refractivity contribution in [1.82, 2.24) is 10.6 Å². The van der Waals surface area contributed by atoms with Gasteiger partial charge in [0.1, 0.15) is 13.2 Å². The molecule has 0 fully saturated rings. The maximum absolute atomic E-state index is 11.7. The van der Waals surface area contributed by atoms with Gasteiger partial charge < -0.3 is 30.3 Å². The molecule has 0 aromatic heterocycles. The molecule has 4 rings (SSSR count). The quantitative estimate of drug-likeness (QED) is 0.196. The predicted octanol–water partition coefficient (Wildman–Crippen LogP) is 5.48. The smallest absolute Gasteiger partial charge is 0.408 e. The van der Waals surface area contributed by atoms with Gasteiger partial charge >= 0.3 is 24.1 Å². The number of rotatable bonds is 10. The number of amides is 2. The molecule has 10 heteroatoms. The Labute approximate surface area is 242 Å². The van der Waals surface area contributed by atoms with Gasteiger partial charge in [-0.25, -0.2) is 19.2 Å². The second kappa shape index (κ2) is 16.5. The zero-order valence-corrected chi connectivity index (χ0v) is 22.5. The summed E-state index contributed by atoms with van der Waals surface area (Å²) in [6, 6.07) is 33.0. The molecule has 4 aromatic carbocycles. The Morgan fingerprint density at radius 1 is 0.500 bits per heavy atom. The first-order valence-corrected chi connectivity index (χ1v) is 12.8. The third kappa shape index (κ3) is 10.5. The number of aliphatic carboxylic acids is 2. The highest BCUT2D eigenvalue weighted by molar-refractivity contribution is 5.82. The lowest BCUT2D eigenvalue weighted by molar-refractivity contribution is -0.140. The summed E-state index contributed by atoms with van der Waals surface area (Å²) in [4.78, 5) is 45.9. The van der Waals surface area contributed by atoms with Crippen LogP contribution in [0.25, 0.3) is 0 Å². The summed E-state index contributed by atoms with van der Waals surface area (Å²) in [6.07, 6.45) is -1.54. The van der Waals surface area contributed by atoms with Gasteiger partial charge in [0.15, 0.2) is 12.1 Å². The Hall–Kier alpha value is -5.64. The van der Waals surface area contributed by atoms with Gasteiger partial charge in [-0.3, -0.25) is 0 Å². The molecule has 216 valence electrons. The van der Waals surface area contributed by atoms with E-state index in [0.717, 1.165) is 11.1 Å². The van der Waals surface area contributed by atoms with Crippen LogP contribution in [0.4, 0.5) is 9.59 Å². The number of carbonyl (C=O) groups is 4. The van der Waals surface area contributed by atoms with E-state index in [-0.39, 0.29) is 13.2 Å². The van der Waals surface area contributed by atoms with Crippen molar-refractivity contribution in [2.24, 2.45) is 0 Å². The fourth-order valence-electron chi connectivity index (χ4n) is 3.63. The Kier molecular flexibility index (Phi) is 12.1. The lowest BCUT2D eigenvalue weighted by Crippen LogP contribution is -2.34. The van der Waals surface area contributed by atoms with Crippen molar-refractivity contribution in [1.29, 1.82) is 0 Å². The minimum atomic E-state index is -1.14. The van der Waals surface area contributed by atoms with Crippen molar-refractivity contribution in [2.45, 2.75) is 25.3 Å². The number of carboxylic acid groups (broad SMARTS) is 2. The molecule has 2 atom stereocenters. The number of nitrogens with one attached hydrogen (secondary N) is 2. The van der Waals surface area contributed by atoms with E-state index in [1.165, 1.54) is 0 Å². The highest BCUT2D eigenvalue weighted by atomic mass is 16.6. The molecular weight excluding hydrogens is 540 g/mol. The monoisotopic (exact) mass is 570 g/mol. The Bertz CT molecular complexity index is 1310. The fourth-order valence-corrected chi connectivity index (χ4v) is 3.63. The van der Waals surface area contributed by atoms with E-state index in [0.29, 0.717) is 11.1 Å². The Morgan fingerprint density at radius 2 is 0.786 bits per heavy atom. The zero-order valence-electron chi connectivity index (χ0n) is 22.5. The van der Waals surface area contributed by atoms with Crippen LogP contribution in [0.2, 0.25) is 0 Å². The van der Waals surface area contributed by atoms with Crippen molar-refractivity contribution >= 4 is 24.1 Å². The maximum Gasteiger partial charge on any atom is 0.408 e. The van der Waals surface area contributed by atoms with Crippen LogP contribution in [0.1, 0.15) is 34.3 Å². The number of benzene rings is 4. The molecule has 4 N–H and O–H groups in total. The normalized spacial score (nSPS) is 11.4. The summed E-state index contributed by atoms with van der Waals surface area (Å²) in [5.74, 6) is -2.28. The average Bonchev–Trinajstić information content (AvgIpc) is 3.02. The van der Waals surface area contributed by atoms with Crippen LogP contribution in [0.3, 0.4) is 0 Å². The van der Waals surface area contributed by atoms with Gasteiger partial charge in [-0.05, 0) is 22.3 Å². The van der Waals surface area contributed by atoms with Gasteiger partial charge in [0.25, 0.3) is 0 Å². The molecule has 0 bridgehead atoms. The summed E-state index contributed by atoms with van der Waals surface area (Å²) >= 11 is 0. The van der Waals surface area contributed by atoms with Gasteiger partial charge in [0.2, 0.25) is 0 Å². The molecule has 42 heavy (non-hydrogen) atoms. The van der Waals surface area contributed by atoms with Crippen LogP contribution in [0.5, 0.6) is 0 Å². The lowest BCUT2D eigenvalue weighted by atomic mass is 10.1. The number of hydrogen-bond acceptors (Lipinski definition) is 6. The highest BCUT2D eigenvalue weighted by Gasteiger charge is 2.23. The first-order chi connectivity index (χ1) is 20.3. The molecule has 0 radical (unpaired) electrons. The first kappa shape index (κ1) is 30.9. The number of alkyl carbamates (subject to hydrolysis) is 2. The van der Waals surface area contributed by atoms with Crippen LogP contribution in [0, 0.1) is 0 Å². The molecule has 0 aliphatic rings. The lowest BCUT2D eigenvalue weighted by Gasteiger charge is -2.14. The van der Waals surface area contributed by atoms with Crippen LogP contribution in [-0.4, -0.2) is 34.3 Å². The molecule has 0 saturated carbocycles. The molecule has 0 spiro atoms. The molecule has 0 unspecified atom stereocenters. The van der Waals surface area contributed by atoms with E-state index >= 15 is 0 Å². The highest BCUT2D eigenvalue weighted by Crippen LogP contribution is 2.14. The number of carbonyl (C=O) groups excluding carboxylic acids is 2. The van der Waals surface area contributed by atoms with Crippen molar-refractivity contribution in [3.63, 3.8) is 0 Å². The van der Waals surface area contributed by atoms with E-state index in [9.17, 15) is 29.4 Å². The molecule has 4 aromatic rings. The van der Waals surface area contributed by atoms with Crippen LogP contribution >= 0.6 is 0 Å². The molecule has 10 nitrogen and oxygen atoms in total. The van der Waals surface area contributed by atoms with E-state index in [4.69, 9.17) is 9.47 Å². The summed E-state index contributed by atoms with van der Waals surface area (Å²) in [5.41, 5.74) is 2.64. The average molecular weight is 571 g/mol. The first-order valence-electron chi connectivity index (χ1n) is 12.8. The van der Waals surface area contributed by atoms with Gasteiger partial charge in [-0.1, -0.05) is 121 Å². The van der Waals surface area contributed by atoms with E-state index in [1.807, 2.05) is 60.7 Å². The van der Waals surface area contributed by atoms with E-state index < -0.39 is 36.2 Å². The van der Waals surface area contributed by atoms with E-state index in [2.05, 4.69) is 10.6 Å². The summed E-state index contributed by atoms with van der Waals surface area (Å²) in [6.45, 7) is 0.182. The summed E-state index contributed by atoms with van der Waals surface area (Å²) < 4.78 is 10.0. The van der Waals surface area contributed by atoms with Gasteiger partial charge in [0, 0.05) is 0 Å². The van der Waals surface area contributed by atoms with E-state index in [1.54, 1.807) is 60.7 Å². The number of hydrogen-bond donors (Lipinski definition) is 4. The van der Waals surface area contributed by atoms with Crippen molar-refractivity contribution in [3.8, 4) is 0 Å². The molecule has 0 aliphatic carbocycles. The van der Waals surface area contributed by atoms with Crippen LogP contribution in [-0.2, 0) is 32.3 Å². The number of ether oxygens (including phenoxy) is 2. The molecule has 0 aliphatic heterocycles. The molecular formula is C32H30N2O8. The largest absolute Gasteiger partial charge is 0.479 e. The maximum atomic E-state index is 11.7. The zero-order chi connectivity index (χ0) is 30.2. The van der Waals surface area contributed by atoms with Crippen LogP contribution < -0.4 is 10.6 Å². The second-order valence-electron chi connectivity index (χ2n) is 8.78. The van der Waals surface area contributed by atoms with Crippen LogP contribution in [0.15, 0.2) is 121 Å². The second-order valence-corrected chi connectivity index (χ2v) is 8.78. The minimum absolute atomic E-state index is 0.0911. The SMILES string of the molecule is O=C(N[C@H](C(=O)O)c1ccccc1)OCc1ccccc1.O=C(N[C@H](C(=O)O)c1ccccc1)OCc1ccccc1. The summed E-state index contributed by atoms with van der Waals surface area (Å²) in [7, 11) is 0. The third-order valence-electron chi connectivity index (χ3n) is 5.71. The standard InChI is InChI=1S/2C16H15NO4/c2*18-15(19)14(13-9-5-2-6-10-13)17-16(20)21-11-12-7-3-1-4-8-12/h2*1-10,14H,11H2,(H,17,20)(H,18,19)/t2*14-/m00/s1. The summed E-state index contributed by atoms with van der Waals surface area (Å²) in [5, 5.41) is 23.1. The molecule has 2 amide bonds. The van der Waals surface area contributed by atoms with Crippen molar-refractivity contribution < 1.29 is 38.9 Å². The van der Waals surface area contributed by atoms with Crippen molar-refractivity contribution in [3.05, 3.63) is 144 Å². The van der Waals surface area contributed by atoms with Gasteiger partial charge in [0.05, 0.1) is 0 Å². The topological polar surface area (TPSA) is 151 Å². The minimum Gasteiger partial charge on any atom is -0.479 e. The Balaban J connectivity index is 0.000000230. The molecule has 0 saturated heterocycles. The predicted molar refractivity (Wildman–Crippen MR) is 153 cm³/mol.